The Bertz CT molecular complexity index is 524. The van der Waals surface area contributed by atoms with Crippen molar-refractivity contribution in [1.82, 2.24) is 0 Å². The molecule has 1 aliphatic rings. The molecule has 2 heteroatoms. The zero-order valence-corrected chi connectivity index (χ0v) is 13.8. The van der Waals surface area contributed by atoms with Gasteiger partial charge in [-0.2, -0.15) is 0 Å². The first kappa shape index (κ1) is 13.2. The van der Waals surface area contributed by atoms with E-state index in [0.29, 0.717) is 0 Å². The van der Waals surface area contributed by atoms with Crippen LogP contribution in [0, 0.1) is 13.8 Å². The van der Waals surface area contributed by atoms with Gasteiger partial charge in [0.2, 0.25) is 0 Å². The molecule has 17 heavy (non-hydrogen) atoms. The van der Waals surface area contributed by atoms with Gasteiger partial charge in [-0.3, -0.25) is 0 Å². The Hall–Kier alpha value is -0.210. The SMILES string of the molecule is CC1=C(C)C(C)(C)Sc2cc(C)c(Br)c(C)c21. The van der Waals surface area contributed by atoms with Gasteiger partial charge in [0.1, 0.15) is 0 Å². The first-order chi connectivity index (χ1) is 7.75. The van der Waals surface area contributed by atoms with Crippen LogP contribution in [0.1, 0.15) is 44.4 Å². The molecule has 0 aromatic heterocycles. The highest BCUT2D eigenvalue weighted by Gasteiger charge is 2.31. The lowest BCUT2D eigenvalue weighted by molar-refractivity contribution is 0.824. The minimum absolute atomic E-state index is 0.212. The van der Waals surface area contributed by atoms with Gasteiger partial charge < -0.3 is 0 Å². The number of fused-ring (bicyclic) bond motifs is 1. The average molecular weight is 311 g/mol. The lowest BCUT2D eigenvalue weighted by atomic mass is 9.90. The van der Waals surface area contributed by atoms with E-state index < -0.39 is 0 Å². The minimum atomic E-state index is 0.212. The van der Waals surface area contributed by atoms with Crippen molar-refractivity contribution in [3.63, 3.8) is 0 Å². The molecular weight excluding hydrogens is 292 g/mol. The summed E-state index contributed by atoms with van der Waals surface area (Å²) < 4.78 is 1.47. The van der Waals surface area contributed by atoms with E-state index in [0.717, 1.165) is 0 Å². The second kappa shape index (κ2) is 4.17. The van der Waals surface area contributed by atoms with E-state index in [4.69, 9.17) is 0 Å². The summed E-state index contributed by atoms with van der Waals surface area (Å²) in [6.07, 6.45) is 0. The van der Waals surface area contributed by atoms with Crippen molar-refractivity contribution in [3.05, 3.63) is 32.8 Å². The minimum Gasteiger partial charge on any atom is -0.115 e. The van der Waals surface area contributed by atoms with Crippen LogP contribution in [-0.4, -0.2) is 4.75 Å². The van der Waals surface area contributed by atoms with Gasteiger partial charge in [0.15, 0.2) is 0 Å². The van der Waals surface area contributed by atoms with Crippen LogP contribution in [-0.2, 0) is 0 Å². The Morgan fingerprint density at radius 3 is 2.29 bits per heavy atom. The Kier molecular flexibility index (Phi) is 3.24. The normalized spacial score (nSPS) is 18.3. The summed E-state index contributed by atoms with van der Waals surface area (Å²) in [7, 11) is 0. The van der Waals surface area contributed by atoms with Crippen LogP contribution in [0.15, 0.2) is 21.0 Å². The first-order valence-electron chi connectivity index (χ1n) is 5.92. The Balaban J connectivity index is 2.78. The molecule has 0 amide bonds. The highest BCUT2D eigenvalue weighted by molar-refractivity contribution is 9.10. The summed E-state index contributed by atoms with van der Waals surface area (Å²) in [6, 6.07) is 2.31. The summed E-state index contributed by atoms with van der Waals surface area (Å²) in [4.78, 5) is 1.43. The molecule has 0 bridgehead atoms. The Morgan fingerprint density at radius 2 is 1.71 bits per heavy atom. The van der Waals surface area contributed by atoms with Crippen molar-refractivity contribution in [1.29, 1.82) is 0 Å². The van der Waals surface area contributed by atoms with Crippen LogP contribution in [0.5, 0.6) is 0 Å². The number of rotatable bonds is 0. The molecule has 92 valence electrons. The number of hydrogen-bond donors (Lipinski definition) is 0. The largest absolute Gasteiger partial charge is 0.115 e. The molecule has 0 fully saturated rings. The van der Waals surface area contributed by atoms with Gasteiger partial charge >= 0.3 is 0 Å². The number of hydrogen-bond acceptors (Lipinski definition) is 1. The maximum absolute atomic E-state index is 3.70. The standard InChI is InChI=1S/C15H19BrS/c1-8-7-12-13(10(3)14(8)16)9(2)11(4)15(5,6)17-12/h7H,1-6H3. The summed E-state index contributed by atoms with van der Waals surface area (Å²) in [6.45, 7) is 13.5. The van der Waals surface area contributed by atoms with Gasteiger partial charge in [-0.1, -0.05) is 21.5 Å². The topological polar surface area (TPSA) is 0 Å². The lowest BCUT2D eigenvalue weighted by Gasteiger charge is -2.34. The van der Waals surface area contributed by atoms with E-state index in [-0.39, 0.29) is 4.75 Å². The number of aryl methyl sites for hydroxylation is 1. The molecule has 2 rings (SSSR count). The maximum Gasteiger partial charge on any atom is 0.0362 e. The molecule has 1 aliphatic heterocycles. The van der Waals surface area contributed by atoms with Crippen LogP contribution in [0.2, 0.25) is 0 Å². The van der Waals surface area contributed by atoms with E-state index >= 15 is 0 Å². The molecule has 0 unspecified atom stereocenters. The molecule has 0 atom stereocenters. The highest BCUT2D eigenvalue weighted by atomic mass is 79.9. The Labute approximate surface area is 117 Å². The summed E-state index contributed by atoms with van der Waals surface area (Å²) in [5.74, 6) is 0. The van der Waals surface area contributed by atoms with Gasteiger partial charge in [0.05, 0.1) is 0 Å². The van der Waals surface area contributed by atoms with E-state index in [1.807, 2.05) is 11.8 Å². The molecular formula is C15H19BrS. The molecule has 0 nitrogen and oxygen atoms in total. The molecule has 1 heterocycles. The molecule has 0 spiro atoms. The van der Waals surface area contributed by atoms with Crippen molar-refractivity contribution in [2.45, 2.75) is 51.2 Å². The molecule has 0 N–H and O–H groups in total. The van der Waals surface area contributed by atoms with Crippen molar-refractivity contribution < 1.29 is 0 Å². The fourth-order valence-corrected chi connectivity index (χ4v) is 4.27. The average Bonchev–Trinajstić information content (AvgIpc) is 2.22. The second-order valence-electron chi connectivity index (χ2n) is 5.37. The van der Waals surface area contributed by atoms with Crippen molar-refractivity contribution >= 4 is 33.3 Å². The van der Waals surface area contributed by atoms with Gasteiger partial charge in [0, 0.05) is 14.1 Å². The Morgan fingerprint density at radius 1 is 1.12 bits per heavy atom. The van der Waals surface area contributed by atoms with Crippen molar-refractivity contribution in [2.24, 2.45) is 0 Å². The summed E-state index contributed by atoms with van der Waals surface area (Å²) >= 11 is 5.69. The van der Waals surface area contributed by atoms with Gasteiger partial charge in [-0.05, 0) is 69.9 Å². The maximum atomic E-state index is 3.70. The quantitative estimate of drug-likeness (QED) is 0.588. The zero-order chi connectivity index (χ0) is 13.0. The van der Waals surface area contributed by atoms with Crippen molar-refractivity contribution in [2.75, 3.05) is 0 Å². The van der Waals surface area contributed by atoms with Gasteiger partial charge in [-0.15, -0.1) is 11.8 Å². The predicted molar refractivity (Wildman–Crippen MR) is 81.8 cm³/mol. The number of allylic oxidation sites excluding steroid dienone is 1. The second-order valence-corrected chi connectivity index (χ2v) is 7.83. The van der Waals surface area contributed by atoms with Gasteiger partial charge in [0.25, 0.3) is 0 Å². The summed E-state index contributed by atoms with van der Waals surface area (Å²) in [5, 5.41) is 0. The molecule has 1 aromatic rings. The lowest BCUT2D eigenvalue weighted by Crippen LogP contribution is -2.21. The van der Waals surface area contributed by atoms with E-state index in [9.17, 15) is 0 Å². The number of thioether (sulfide) groups is 1. The van der Waals surface area contributed by atoms with Crippen LogP contribution in [0.25, 0.3) is 5.57 Å². The third-order valence-corrected chi connectivity index (χ3v) is 6.43. The molecule has 0 saturated heterocycles. The number of benzene rings is 1. The van der Waals surface area contributed by atoms with Gasteiger partial charge in [-0.25, -0.2) is 0 Å². The highest BCUT2D eigenvalue weighted by Crippen LogP contribution is 2.50. The third kappa shape index (κ3) is 2.00. The van der Waals surface area contributed by atoms with E-state index in [1.165, 1.54) is 37.2 Å². The number of halogens is 1. The van der Waals surface area contributed by atoms with E-state index in [2.05, 4.69) is 63.5 Å². The molecule has 0 aliphatic carbocycles. The van der Waals surface area contributed by atoms with E-state index in [1.54, 1.807) is 0 Å². The monoisotopic (exact) mass is 310 g/mol. The van der Waals surface area contributed by atoms with Crippen LogP contribution >= 0.6 is 27.7 Å². The fraction of sp³-hybridized carbons (Fsp3) is 0.467. The molecule has 0 radical (unpaired) electrons. The van der Waals surface area contributed by atoms with Crippen LogP contribution in [0.4, 0.5) is 0 Å². The van der Waals surface area contributed by atoms with Crippen LogP contribution in [0.3, 0.4) is 0 Å². The smallest absolute Gasteiger partial charge is 0.0362 e. The van der Waals surface area contributed by atoms with Crippen LogP contribution < -0.4 is 0 Å². The third-order valence-electron chi connectivity index (χ3n) is 3.85. The molecule has 1 aromatic carbocycles. The molecule has 0 saturated carbocycles. The zero-order valence-electron chi connectivity index (χ0n) is 11.4. The summed E-state index contributed by atoms with van der Waals surface area (Å²) in [5.41, 5.74) is 7.08. The predicted octanol–water partition coefficient (Wildman–Crippen LogP) is 5.74. The van der Waals surface area contributed by atoms with Crippen molar-refractivity contribution in [3.8, 4) is 0 Å². The first-order valence-corrected chi connectivity index (χ1v) is 7.53. The fourth-order valence-electron chi connectivity index (χ4n) is 2.46.